The van der Waals surface area contributed by atoms with Crippen LogP contribution in [0.25, 0.3) is 0 Å². The molecule has 0 aromatic carbocycles. The summed E-state index contributed by atoms with van der Waals surface area (Å²) in [6.45, 7) is 23.9. The highest BCUT2D eigenvalue weighted by molar-refractivity contribution is 7.91. The van der Waals surface area contributed by atoms with E-state index in [0.717, 1.165) is 58.3 Å². The van der Waals surface area contributed by atoms with Crippen LogP contribution in [-0.4, -0.2) is 67.6 Å². The van der Waals surface area contributed by atoms with Crippen LogP contribution in [0.2, 0.25) is 0 Å². The van der Waals surface area contributed by atoms with Crippen LogP contribution in [0.1, 0.15) is 131 Å². The van der Waals surface area contributed by atoms with Gasteiger partial charge >= 0.3 is 5.97 Å². The molecule has 1 saturated heterocycles. The van der Waals surface area contributed by atoms with Crippen LogP contribution in [-0.2, 0) is 14.6 Å². The van der Waals surface area contributed by atoms with Crippen LogP contribution in [0.15, 0.2) is 35.5 Å². The van der Waals surface area contributed by atoms with Crippen LogP contribution < -0.4 is 5.32 Å². The number of piperidine rings is 1. The van der Waals surface area contributed by atoms with E-state index < -0.39 is 15.8 Å². The van der Waals surface area contributed by atoms with E-state index in [1.807, 2.05) is 0 Å². The summed E-state index contributed by atoms with van der Waals surface area (Å²) in [6, 6.07) is 0. The third-order valence-electron chi connectivity index (χ3n) is 17.8. The zero-order valence-corrected chi connectivity index (χ0v) is 34.0. The lowest BCUT2D eigenvalue weighted by Gasteiger charge is -2.72. The average Bonchev–Trinajstić information content (AvgIpc) is 3.45. The number of carboxylic acid groups (broad SMARTS) is 1. The van der Waals surface area contributed by atoms with Crippen LogP contribution in [0.4, 0.5) is 0 Å². The number of fused-ring (bicyclic) bond motifs is 7. The standard InChI is InChI=1S/C44H70N2O4S/c1-29(2)33-15-22-44(45-25-28-46-26-18-32(19-27-46)51(8,49)50)24-23-42(6)35(38(33)44)13-14-37-41(5)20-16-34(30-9-11-31(12-10-30)39(47)48)40(3,4)36(41)17-21-43(37,42)7/h9,16,31-33,35-38,45H,1,10-15,17-28H2,2-8H3,(H,47,48)/t31?,33-,35+,36-,37+,38+,41-,42+,43+,44-/m0/s1. The van der Waals surface area contributed by atoms with E-state index >= 15 is 0 Å². The van der Waals surface area contributed by atoms with Gasteiger partial charge in [0.25, 0.3) is 0 Å². The molecular weight excluding hydrogens is 653 g/mol. The zero-order chi connectivity index (χ0) is 36.8. The van der Waals surface area contributed by atoms with Crippen molar-refractivity contribution in [2.75, 3.05) is 32.4 Å². The van der Waals surface area contributed by atoms with Crippen LogP contribution in [0, 0.1) is 57.2 Å². The van der Waals surface area contributed by atoms with Crippen molar-refractivity contribution in [1.29, 1.82) is 0 Å². The van der Waals surface area contributed by atoms with E-state index in [2.05, 4.69) is 70.5 Å². The number of nitrogens with one attached hydrogen (secondary N) is 1. The third kappa shape index (κ3) is 5.99. The topological polar surface area (TPSA) is 86.7 Å². The van der Waals surface area contributed by atoms with Crippen molar-refractivity contribution in [2.45, 2.75) is 142 Å². The maximum absolute atomic E-state index is 12.1. The largest absolute Gasteiger partial charge is 0.481 e. The molecule has 0 aromatic rings. The number of carboxylic acids is 1. The fourth-order valence-electron chi connectivity index (χ4n) is 14.9. The molecule has 0 amide bonds. The van der Waals surface area contributed by atoms with Crippen molar-refractivity contribution in [1.82, 2.24) is 10.2 Å². The first-order valence-electron chi connectivity index (χ1n) is 20.8. The van der Waals surface area contributed by atoms with Gasteiger partial charge in [0.15, 0.2) is 0 Å². The number of likely N-dealkylation sites (tertiary alicyclic amines) is 1. The van der Waals surface area contributed by atoms with Crippen molar-refractivity contribution in [3.63, 3.8) is 0 Å². The maximum Gasteiger partial charge on any atom is 0.306 e. The molecule has 7 aliphatic rings. The minimum atomic E-state index is -2.94. The number of sulfone groups is 1. The summed E-state index contributed by atoms with van der Waals surface area (Å²) in [5, 5.41) is 13.7. The van der Waals surface area contributed by atoms with Crippen LogP contribution in [0.5, 0.6) is 0 Å². The van der Waals surface area contributed by atoms with Gasteiger partial charge in [0.05, 0.1) is 11.2 Å². The lowest BCUT2D eigenvalue weighted by atomic mass is 9.33. The van der Waals surface area contributed by atoms with Crippen molar-refractivity contribution in [2.24, 2.45) is 57.2 Å². The van der Waals surface area contributed by atoms with E-state index in [9.17, 15) is 18.3 Å². The third-order valence-corrected chi connectivity index (χ3v) is 19.5. The SMILES string of the molecule is C=C(C)[C@@H]1CC[C@]2(NCCN3CCC(S(C)(=O)=O)CC3)CC[C@]3(C)[C@H](CC[C@@H]4[C@@]5(C)CC=C(C6=CCC(C(=O)O)CC6)C(C)(C)[C@@H]5CC[C@]43C)[C@@H]12. The average molecular weight is 723 g/mol. The van der Waals surface area contributed by atoms with Crippen molar-refractivity contribution in [3.05, 3.63) is 35.5 Å². The van der Waals surface area contributed by atoms with Gasteiger partial charge in [0, 0.05) is 24.9 Å². The molecule has 7 rings (SSSR count). The second-order valence-corrected chi connectivity index (χ2v) is 22.5. The summed E-state index contributed by atoms with van der Waals surface area (Å²) in [7, 11) is -2.94. The molecule has 5 fully saturated rings. The highest BCUT2D eigenvalue weighted by Crippen LogP contribution is 2.76. The van der Waals surface area contributed by atoms with Gasteiger partial charge in [0.1, 0.15) is 9.84 Å². The first kappa shape index (κ1) is 37.9. The summed E-state index contributed by atoms with van der Waals surface area (Å²) >= 11 is 0. The minimum Gasteiger partial charge on any atom is -0.481 e. The number of hydrogen-bond donors (Lipinski definition) is 2. The molecule has 0 aromatic heterocycles. The quantitative estimate of drug-likeness (QED) is 0.244. The Morgan fingerprint density at radius 1 is 0.922 bits per heavy atom. The molecule has 1 unspecified atom stereocenters. The first-order valence-corrected chi connectivity index (χ1v) is 22.8. The number of rotatable bonds is 8. The Bertz CT molecular complexity index is 1570. The van der Waals surface area contributed by atoms with Gasteiger partial charge in [-0.05, 0) is 172 Å². The second kappa shape index (κ2) is 13.1. The second-order valence-electron chi connectivity index (χ2n) is 20.2. The monoisotopic (exact) mass is 723 g/mol. The Morgan fingerprint density at radius 3 is 2.27 bits per heavy atom. The van der Waals surface area contributed by atoms with Crippen molar-refractivity contribution in [3.8, 4) is 0 Å². The van der Waals surface area contributed by atoms with Crippen LogP contribution >= 0.6 is 0 Å². The fourth-order valence-corrected chi connectivity index (χ4v) is 16.0. The van der Waals surface area contributed by atoms with Crippen molar-refractivity contribution >= 4 is 15.8 Å². The number of carbonyl (C=O) groups is 1. The molecule has 1 heterocycles. The van der Waals surface area contributed by atoms with Gasteiger partial charge in [-0.2, -0.15) is 0 Å². The lowest BCUT2D eigenvalue weighted by molar-refractivity contribution is -0.221. The van der Waals surface area contributed by atoms with Gasteiger partial charge in [-0.25, -0.2) is 8.42 Å². The van der Waals surface area contributed by atoms with E-state index in [-0.39, 0.29) is 27.5 Å². The molecule has 1 aliphatic heterocycles. The maximum atomic E-state index is 12.1. The van der Waals surface area contributed by atoms with Gasteiger partial charge < -0.3 is 15.3 Å². The molecule has 7 heteroatoms. The van der Waals surface area contributed by atoms with Crippen molar-refractivity contribution < 1.29 is 18.3 Å². The zero-order valence-electron chi connectivity index (χ0n) is 33.2. The Morgan fingerprint density at radius 2 is 1.65 bits per heavy atom. The van der Waals surface area contributed by atoms with E-state index in [1.54, 1.807) is 0 Å². The van der Waals surface area contributed by atoms with Gasteiger partial charge in [-0.3, -0.25) is 4.79 Å². The molecule has 10 atom stereocenters. The Balaban J connectivity index is 1.11. The smallest absolute Gasteiger partial charge is 0.306 e. The molecule has 6 nitrogen and oxygen atoms in total. The highest BCUT2D eigenvalue weighted by atomic mass is 32.2. The lowest BCUT2D eigenvalue weighted by Crippen LogP contribution is -2.68. The molecule has 0 spiro atoms. The molecule has 0 radical (unpaired) electrons. The normalized spacial score (nSPS) is 44.3. The number of allylic oxidation sites excluding steroid dienone is 5. The summed E-state index contributed by atoms with van der Waals surface area (Å²) in [6.07, 6.45) is 21.7. The molecule has 0 bridgehead atoms. The van der Waals surface area contributed by atoms with Gasteiger partial charge in [-0.15, -0.1) is 0 Å². The Labute approximate surface area is 310 Å². The minimum absolute atomic E-state index is 0.0934. The molecule has 2 N–H and O–H groups in total. The van der Waals surface area contributed by atoms with Gasteiger partial charge in [-0.1, -0.05) is 58.9 Å². The summed E-state index contributed by atoms with van der Waals surface area (Å²) in [4.78, 5) is 14.2. The highest BCUT2D eigenvalue weighted by Gasteiger charge is 2.70. The van der Waals surface area contributed by atoms with Gasteiger partial charge in [0.2, 0.25) is 0 Å². The summed E-state index contributed by atoms with van der Waals surface area (Å²) < 4.78 is 24.3. The fraction of sp³-hybridized carbons (Fsp3) is 0.841. The number of hydrogen-bond acceptors (Lipinski definition) is 5. The predicted molar refractivity (Wildman–Crippen MR) is 208 cm³/mol. The van der Waals surface area contributed by atoms with Crippen LogP contribution in [0.3, 0.4) is 0 Å². The number of aliphatic carboxylic acids is 1. The predicted octanol–water partition coefficient (Wildman–Crippen LogP) is 8.84. The Kier molecular flexibility index (Phi) is 9.73. The molecule has 51 heavy (non-hydrogen) atoms. The molecule has 6 aliphatic carbocycles. The molecule has 286 valence electrons. The van der Waals surface area contributed by atoms with E-state index in [4.69, 9.17) is 0 Å². The molecular formula is C44H70N2O4S. The van der Waals surface area contributed by atoms with E-state index in [1.165, 1.54) is 74.3 Å². The summed E-state index contributed by atoms with van der Waals surface area (Å²) in [5.74, 6) is 2.40. The summed E-state index contributed by atoms with van der Waals surface area (Å²) in [5.41, 5.74) is 5.50. The Hall–Kier alpha value is -1.44. The first-order chi connectivity index (χ1) is 23.9. The van der Waals surface area contributed by atoms with E-state index in [0.29, 0.717) is 46.8 Å². The number of nitrogens with zero attached hydrogens (tertiary/aromatic N) is 1. The molecule has 4 saturated carbocycles.